The zero-order valence-electron chi connectivity index (χ0n) is 14.2. The Morgan fingerprint density at radius 2 is 1.76 bits per heavy atom. The van der Waals surface area contributed by atoms with E-state index in [1.54, 1.807) is 18.5 Å². The van der Waals surface area contributed by atoms with E-state index in [2.05, 4.69) is 39.2 Å². The van der Waals surface area contributed by atoms with Crippen molar-refractivity contribution in [2.24, 2.45) is 0 Å². The van der Waals surface area contributed by atoms with E-state index in [0.29, 0.717) is 0 Å². The van der Waals surface area contributed by atoms with Crippen LogP contribution in [-0.4, -0.2) is 23.1 Å². The molecule has 0 aliphatic rings. The van der Waals surface area contributed by atoms with Gasteiger partial charge in [-0.15, -0.1) is 0 Å². The average Bonchev–Trinajstić information content (AvgIpc) is 2.65. The normalized spacial score (nSPS) is 10.5. The summed E-state index contributed by atoms with van der Waals surface area (Å²) in [6.45, 7) is 3.63. The van der Waals surface area contributed by atoms with Crippen LogP contribution in [0.2, 0.25) is 0 Å². The van der Waals surface area contributed by atoms with E-state index >= 15 is 0 Å². The Balaban J connectivity index is 1.65. The zero-order valence-corrected chi connectivity index (χ0v) is 14.2. The fraction of sp³-hybridized carbons (Fsp3) is 0.200. The molecule has 128 valence electrons. The minimum absolute atomic E-state index is 0.210. The first-order valence-electron chi connectivity index (χ1n) is 8.39. The van der Waals surface area contributed by atoms with Crippen molar-refractivity contribution in [2.45, 2.75) is 13.3 Å². The maximum atomic E-state index is 12.9. The fourth-order valence-electron chi connectivity index (χ4n) is 2.66. The van der Waals surface area contributed by atoms with E-state index in [9.17, 15) is 4.39 Å². The SMILES string of the molecule is CCN(c1ccccc1)c1cc(NCCc2ccc(F)cc2)ncn1. The summed E-state index contributed by atoms with van der Waals surface area (Å²) in [5.74, 6) is 1.42. The Morgan fingerprint density at radius 1 is 1.00 bits per heavy atom. The van der Waals surface area contributed by atoms with Gasteiger partial charge >= 0.3 is 0 Å². The van der Waals surface area contributed by atoms with Crippen molar-refractivity contribution in [3.63, 3.8) is 0 Å². The number of halogens is 1. The van der Waals surface area contributed by atoms with Crippen molar-refractivity contribution in [3.05, 3.63) is 78.4 Å². The molecule has 1 N–H and O–H groups in total. The van der Waals surface area contributed by atoms with E-state index < -0.39 is 0 Å². The average molecular weight is 336 g/mol. The summed E-state index contributed by atoms with van der Waals surface area (Å²) in [7, 11) is 0. The van der Waals surface area contributed by atoms with E-state index in [1.165, 1.54) is 12.1 Å². The van der Waals surface area contributed by atoms with E-state index in [-0.39, 0.29) is 5.82 Å². The second kappa shape index (κ2) is 8.24. The smallest absolute Gasteiger partial charge is 0.138 e. The summed E-state index contributed by atoms with van der Waals surface area (Å²) in [4.78, 5) is 10.8. The Kier molecular flexibility index (Phi) is 5.57. The van der Waals surface area contributed by atoms with Gasteiger partial charge in [0.05, 0.1) is 0 Å². The molecule has 3 rings (SSSR count). The maximum absolute atomic E-state index is 12.9. The molecule has 2 aromatic carbocycles. The molecule has 0 saturated carbocycles. The van der Waals surface area contributed by atoms with Crippen molar-refractivity contribution in [3.8, 4) is 0 Å². The first-order valence-corrected chi connectivity index (χ1v) is 8.39. The van der Waals surface area contributed by atoms with Crippen LogP contribution in [0.3, 0.4) is 0 Å². The molecule has 0 radical (unpaired) electrons. The van der Waals surface area contributed by atoms with Crippen molar-refractivity contribution < 1.29 is 4.39 Å². The highest BCUT2D eigenvalue weighted by atomic mass is 19.1. The fourth-order valence-corrected chi connectivity index (χ4v) is 2.66. The molecule has 0 saturated heterocycles. The van der Waals surface area contributed by atoms with Crippen LogP contribution in [0.15, 0.2) is 67.0 Å². The highest BCUT2D eigenvalue weighted by molar-refractivity contribution is 5.61. The number of rotatable bonds is 7. The molecule has 0 bridgehead atoms. The van der Waals surface area contributed by atoms with E-state index in [4.69, 9.17) is 0 Å². The van der Waals surface area contributed by atoms with Gasteiger partial charge in [0.25, 0.3) is 0 Å². The van der Waals surface area contributed by atoms with Crippen molar-refractivity contribution in [2.75, 3.05) is 23.3 Å². The number of anilines is 3. The zero-order chi connectivity index (χ0) is 17.5. The van der Waals surface area contributed by atoms with Gasteiger partial charge in [-0.25, -0.2) is 14.4 Å². The predicted molar refractivity (Wildman–Crippen MR) is 99.7 cm³/mol. The number of nitrogens with zero attached hydrogens (tertiary/aromatic N) is 3. The summed E-state index contributed by atoms with van der Waals surface area (Å²) in [6, 6.07) is 18.7. The summed E-state index contributed by atoms with van der Waals surface area (Å²) < 4.78 is 12.9. The van der Waals surface area contributed by atoms with Gasteiger partial charge in [0.2, 0.25) is 0 Å². The lowest BCUT2D eigenvalue weighted by atomic mass is 10.1. The predicted octanol–water partition coefficient (Wildman–Crippen LogP) is 4.43. The molecule has 0 aliphatic heterocycles. The molecule has 0 fully saturated rings. The Hall–Kier alpha value is -2.95. The van der Waals surface area contributed by atoms with Crippen molar-refractivity contribution in [1.82, 2.24) is 9.97 Å². The molecule has 1 aromatic heterocycles. The number of aromatic nitrogens is 2. The molecule has 0 aliphatic carbocycles. The third kappa shape index (κ3) is 4.53. The van der Waals surface area contributed by atoms with Crippen LogP contribution in [0.1, 0.15) is 12.5 Å². The van der Waals surface area contributed by atoms with Crippen LogP contribution >= 0.6 is 0 Å². The molecule has 0 amide bonds. The molecule has 0 unspecified atom stereocenters. The van der Waals surface area contributed by atoms with Crippen LogP contribution in [-0.2, 0) is 6.42 Å². The van der Waals surface area contributed by atoms with Crippen LogP contribution in [0.25, 0.3) is 0 Å². The van der Waals surface area contributed by atoms with Gasteiger partial charge in [-0.2, -0.15) is 0 Å². The highest BCUT2D eigenvalue weighted by Gasteiger charge is 2.09. The number of benzene rings is 2. The Morgan fingerprint density at radius 3 is 2.48 bits per heavy atom. The lowest BCUT2D eigenvalue weighted by Crippen LogP contribution is -2.18. The highest BCUT2D eigenvalue weighted by Crippen LogP contribution is 2.23. The number of para-hydroxylation sites is 1. The van der Waals surface area contributed by atoms with Gasteiger partial charge in [-0.1, -0.05) is 30.3 Å². The van der Waals surface area contributed by atoms with Gasteiger partial charge < -0.3 is 10.2 Å². The lowest BCUT2D eigenvalue weighted by molar-refractivity contribution is 0.627. The second-order valence-corrected chi connectivity index (χ2v) is 5.64. The van der Waals surface area contributed by atoms with Crippen molar-refractivity contribution >= 4 is 17.3 Å². The third-order valence-corrected chi connectivity index (χ3v) is 3.95. The quantitative estimate of drug-likeness (QED) is 0.693. The molecule has 0 spiro atoms. The largest absolute Gasteiger partial charge is 0.370 e. The number of hydrogen-bond acceptors (Lipinski definition) is 4. The minimum Gasteiger partial charge on any atom is -0.370 e. The molecule has 1 heterocycles. The first-order chi connectivity index (χ1) is 12.3. The number of nitrogens with one attached hydrogen (secondary N) is 1. The standard InChI is InChI=1S/C20H21FN4/c1-2-25(18-6-4-3-5-7-18)20-14-19(23-15-24-20)22-13-12-16-8-10-17(21)11-9-16/h3-11,14-15H,2,12-13H2,1H3,(H,22,23,24). The van der Waals surface area contributed by atoms with Crippen LogP contribution in [0.4, 0.5) is 21.7 Å². The molecule has 25 heavy (non-hydrogen) atoms. The topological polar surface area (TPSA) is 41.0 Å². The Labute approximate surface area is 147 Å². The lowest BCUT2D eigenvalue weighted by Gasteiger charge is -2.22. The molecule has 4 nitrogen and oxygen atoms in total. The summed E-state index contributed by atoms with van der Waals surface area (Å²) >= 11 is 0. The molecular formula is C20H21FN4. The summed E-state index contributed by atoms with van der Waals surface area (Å²) in [6.07, 6.45) is 2.37. The monoisotopic (exact) mass is 336 g/mol. The van der Waals surface area contributed by atoms with Gasteiger partial charge in [0, 0.05) is 24.8 Å². The van der Waals surface area contributed by atoms with Gasteiger partial charge in [-0.05, 0) is 43.2 Å². The molecular weight excluding hydrogens is 315 g/mol. The van der Waals surface area contributed by atoms with E-state index in [0.717, 1.165) is 42.4 Å². The van der Waals surface area contributed by atoms with E-state index in [1.807, 2.05) is 24.3 Å². The maximum Gasteiger partial charge on any atom is 0.138 e. The number of hydrogen-bond donors (Lipinski definition) is 1. The molecule has 3 aromatic rings. The molecule has 5 heteroatoms. The first kappa shape index (κ1) is 16.9. The second-order valence-electron chi connectivity index (χ2n) is 5.64. The molecule has 0 atom stereocenters. The van der Waals surface area contributed by atoms with Gasteiger partial charge in [0.1, 0.15) is 23.8 Å². The Bertz CT molecular complexity index is 790. The van der Waals surface area contributed by atoms with Gasteiger partial charge in [-0.3, -0.25) is 0 Å². The summed E-state index contributed by atoms with van der Waals surface area (Å²) in [5, 5.41) is 3.31. The van der Waals surface area contributed by atoms with Crippen LogP contribution < -0.4 is 10.2 Å². The third-order valence-electron chi connectivity index (χ3n) is 3.95. The van der Waals surface area contributed by atoms with Crippen LogP contribution in [0, 0.1) is 5.82 Å². The van der Waals surface area contributed by atoms with Crippen LogP contribution in [0.5, 0.6) is 0 Å². The minimum atomic E-state index is -0.210. The van der Waals surface area contributed by atoms with Crippen molar-refractivity contribution in [1.29, 1.82) is 0 Å². The summed E-state index contributed by atoms with van der Waals surface area (Å²) in [5.41, 5.74) is 2.18. The van der Waals surface area contributed by atoms with Gasteiger partial charge in [0.15, 0.2) is 0 Å².